The van der Waals surface area contributed by atoms with Gasteiger partial charge in [0.1, 0.15) is 11.5 Å². The summed E-state index contributed by atoms with van der Waals surface area (Å²) in [5, 5.41) is 18.9. The molecule has 0 aliphatic heterocycles. The molecule has 0 spiro atoms. The van der Waals surface area contributed by atoms with Gasteiger partial charge in [0.05, 0.1) is 12.2 Å². The number of nitrogens with zero attached hydrogens (tertiary/aromatic N) is 4. The van der Waals surface area contributed by atoms with E-state index < -0.39 is 5.69 Å². The summed E-state index contributed by atoms with van der Waals surface area (Å²) in [6, 6.07) is 7.67. The molecule has 0 unspecified atom stereocenters. The van der Waals surface area contributed by atoms with E-state index in [4.69, 9.17) is 21.6 Å². The second kappa shape index (κ2) is 7.03. The van der Waals surface area contributed by atoms with Gasteiger partial charge in [-0.2, -0.15) is 9.61 Å². The van der Waals surface area contributed by atoms with Gasteiger partial charge < -0.3 is 15.4 Å². The van der Waals surface area contributed by atoms with Gasteiger partial charge in [-0.05, 0) is 44.0 Å². The van der Waals surface area contributed by atoms with Gasteiger partial charge in [0.25, 0.3) is 0 Å². The molecule has 4 aromatic rings. The van der Waals surface area contributed by atoms with Crippen LogP contribution in [0.2, 0.25) is 5.02 Å². The fourth-order valence-electron chi connectivity index (χ4n) is 3.18. The van der Waals surface area contributed by atoms with Crippen LogP contribution >= 0.6 is 11.6 Å². The number of aromatic amines is 2. The number of halogens is 1. The van der Waals surface area contributed by atoms with Gasteiger partial charge in [0.2, 0.25) is 5.88 Å². The van der Waals surface area contributed by atoms with E-state index in [-0.39, 0.29) is 17.6 Å². The first-order valence-corrected chi connectivity index (χ1v) is 9.83. The number of anilines is 2. The Labute approximate surface area is 174 Å². The first-order chi connectivity index (χ1) is 14.5. The predicted molar refractivity (Wildman–Crippen MR) is 113 cm³/mol. The van der Waals surface area contributed by atoms with Crippen LogP contribution in [0.3, 0.4) is 0 Å². The Morgan fingerprint density at radius 1 is 1.37 bits per heavy atom. The van der Waals surface area contributed by atoms with Crippen molar-refractivity contribution in [3.8, 4) is 5.88 Å². The number of fused-ring (bicyclic) bond motifs is 1. The van der Waals surface area contributed by atoms with Gasteiger partial charge >= 0.3 is 5.69 Å². The maximum absolute atomic E-state index is 11.5. The number of nitrogens with one attached hydrogen (secondary N) is 3. The van der Waals surface area contributed by atoms with Gasteiger partial charge in [-0.15, -0.1) is 0 Å². The highest BCUT2D eigenvalue weighted by molar-refractivity contribution is 6.30. The molecule has 30 heavy (non-hydrogen) atoms. The Balaban J connectivity index is 1.73. The smallest absolute Gasteiger partial charge is 0.326 e. The molecule has 0 radical (unpaired) electrons. The summed E-state index contributed by atoms with van der Waals surface area (Å²) in [6.07, 6.45) is 5.35. The molecule has 4 N–H and O–H groups in total. The standard InChI is InChI=1S/C20H18ClN7O2/c1-10-16(23-14-4-2-3-12(21)8-14)26-18-11(7-15-19(29)27-20(30)25-15)9-22-28(18)17(10)24-13-5-6-13/h2-4,7-9,13,23,29H,5-6H2,1H3,(H2,25,27,30). The minimum Gasteiger partial charge on any atom is -0.493 e. The van der Waals surface area contributed by atoms with Crippen molar-refractivity contribution in [1.29, 1.82) is 0 Å². The first-order valence-electron chi connectivity index (χ1n) is 9.46. The number of aromatic hydroxyl groups is 1. The van der Waals surface area contributed by atoms with Gasteiger partial charge in [-0.3, -0.25) is 9.98 Å². The number of hydrogen-bond donors (Lipinski definition) is 4. The molecule has 1 aromatic carbocycles. The van der Waals surface area contributed by atoms with Crippen LogP contribution in [0.15, 0.2) is 40.2 Å². The van der Waals surface area contributed by atoms with Gasteiger partial charge in [-0.1, -0.05) is 17.7 Å². The molecule has 0 atom stereocenters. The van der Waals surface area contributed by atoms with Crippen molar-refractivity contribution in [3.05, 3.63) is 67.9 Å². The lowest BCUT2D eigenvalue weighted by Gasteiger charge is -2.10. The number of benzene rings is 1. The summed E-state index contributed by atoms with van der Waals surface area (Å²) in [7, 11) is 0. The van der Waals surface area contributed by atoms with Crippen LogP contribution in [0, 0.1) is 6.92 Å². The van der Waals surface area contributed by atoms with Crippen molar-refractivity contribution in [3.63, 3.8) is 0 Å². The molecule has 0 bridgehead atoms. The van der Waals surface area contributed by atoms with Gasteiger partial charge in [-0.25, -0.2) is 9.78 Å². The highest BCUT2D eigenvalue weighted by Gasteiger charge is 2.21. The zero-order valence-corrected chi connectivity index (χ0v) is 16.7. The van der Waals surface area contributed by atoms with Crippen LogP contribution < -0.4 is 21.7 Å². The van der Waals surface area contributed by atoms with Crippen LogP contribution in [0.1, 0.15) is 24.1 Å². The molecule has 1 saturated carbocycles. The van der Waals surface area contributed by atoms with Crippen LogP contribution in [0.25, 0.3) is 11.7 Å². The molecule has 1 aliphatic carbocycles. The van der Waals surface area contributed by atoms with E-state index in [1.165, 1.54) is 0 Å². The zero-order valence-electron chi connectivity index (χ0n) is 16.0. The topological polar surface area (TPSA) is 123 Å². The predicted octanol–water partition coefficient (Wildman–Crippen LogP) is 1.77. The SMILES string of the molecule is Cc1c(Nc2cccc(Cl)c2)nc2c(=Cc3[nH]c(=O)[nH]c3O)cnn2c1=NC1CC1. The van der Waals surface area contributed by atoms with E-state index in [1.807, 2.05) is 25.1 Å². The van der Waals surface area contributed by atoms with E-state index in [2.05, 4.69) is 20.4 Å². The highest BCUT2D eigenvalue weighted by atomic mass is 35.5. The number of aromatic nitrogens is 5. The molecule has 3 heterocycles. The second-order valence-electron chi connectivity index (χ2n) is 7.23. The fraction of sp³-hybridized carbons (Fsp3) is 0.200. The maximum Gasteiger partial charge on any atom is 0.326 e. The fourth-order valence-corrected chi connectivity index (χ4v) is 3.37. The molecule has 1 aliphatic rings. The van der Waals surface area contributed by atoms with Crippen molar-refractivity contribution in [2.75, 3.05) is 5.32 Å². The van der Waals surface area contributed by atoms with Crippen molar-refractivity contribution in [2.24, 2.45) is 4.99 Å². The quantitative estimate of drug-likeness (QED) is 0.398. The molecular weight excluding hydrogens is 406 g/mol. The van der Waals surface area contributed by atoms with Crippen LogP contribution in [-0.4, -0.2) is 35.7 Å². The lowest BCUT2D eigenvalue weighted by molar-refractivity contribution is 0.454. The van der Waals surface area contributed by atoms with Gasteiger partial charge in [0, 0.05) is 21.5 Å². The Morgan fingerprint density at radius 3 is 2.90 bits per heavy atom. The van der Waals surface area contributed by atoms with Crippen molar-refractivity contribution >= 4 is 34.8 Å². The minimum atomic E-state index is -0.494. The summed E-state index contributed by atoms with van der Waals surface area (Å²) >= 11 is 6.12. The van der Waals surface area contributed by atoms with Crippen LogP contribution in [0.5, 0.6) is 5.88 Å². The second-order valence-corrected chi connectivity index (χ2v) is 7.66. The Bertz CT molecular complexity index is 1450. The molecule has 9 nitrogen and oxygen atoms in total. The van der Waals surface area contributed by atoms with Crippen LogP contribution in [0.4, 0.5) is 11.5 Å². The average Bonchev–Trinajstić information content (AvgIpc) is 3.35. The van der Waals surface area contributed by atoms with Crippen molar-refractivity contribution in [1.82, 2.24) is 24.6 Å². The third kappa shape index (κ3) is 3.43. The number of hydrogen-bond acceptors (Lipinski definition) is 6. The van der Waals surface area contributed by atoms with E-state index >= 15 is 0 Å². The molecule has 1 fully saturated rings. The molecular formula is C20H18ClN7O2. The normalized spacial score (nSPS) is 15.3. The van der Waals surface area contributed by atoms with E-state index in [9.17, 15) is 9.90 Å². The largest absolute Gasteiger partial charge is 0.493 e. The molecule has 5 rings (SSSR count). The van der Waals surface area contributed by atoms with E-state index in [0.717, 1.165) is 29.6 Å². The molecule has 0 saturated heterocycles. The van der Waals surface area contributed by atoms with E-state index in [0.29, 0.717) is 21.7 Å². The van der Waals surface area contributed by atoms with Crippen LogP contribution in [-0.2, 0) is 0 Å². The molecule has 10 heteroatoms. The first kappa shape index (κ1) is 18.4. The number of rotatable bonds is 4. The lowest BCUT2D eigenvalue weighted by atomic mass is 10.2. The molecule has 0 amide bonds. The average molecular weight is 424 g/mol. The summed E-state index contributed by atoms with van der Waals surface area (Å²) in [5.74, 6) is 0.387. The third-order valence-electron chi connectivity index (χ3n) is 4.85. The van der Waals surface area contributed by atoms with E-state index in [1.54, 1.807) is 22.9 Å². The number of H-pyrrole nitrogens is 2. The van der Waals surface area contributed by atoms with Crippen molar-refractivity contribution < 1.29 is 5.11 Å². The highest BCUT2D eigenvalue weighted by Crippen LogP contribution is 2.24. The Morgan fingerprint density at radius 2 is 2.20 bits per heavy atom. The zero-order chi connectivity index (χ0) is 20.8. The van der Waals surface area contributed by atoms with Crippen molar-refractivity contribution in [2.45, 2.75) is 25.8 Å². The summed E-state index contributed by atoms with van der Waals surface area (Å²) in [4.78, 5) is 25.9. The monoisotopic (exact) mass is 423 g/mol. The maximum atomic E-state index is 11.5. The van der Waals surface area contributed by atoms with Gasteiger partial charge in [0.15, 0.2) is 11.1 Å². The Hall–Kier alpha value is -3.59. The Kier molecular flexibility index (Phi) is 4.32. The molecule has 152 valence electrons. The summed E-state index contributed by atoms with van der Waals surface area (Å²) in [6.45, 7) is 1.95. The lowest BCUT2D eigenvalue weighted by Crippen LogP contribution is -2.23. The number of imidazole rings is 1. The third-order valence-corrected chi connectivity index (χ3v) is 5.09. The minimum absolute atomic E-state index is 0.244. The molecule has 3 aromatic heterocycles. The summed E-state index contributed by atoms with van der Waals surface area (Å²) in [5.41, 5.74) is 2.69. The summed E-state index contributed by atoms with van der Waals surface area (Å²) < 4.78 is 1.68.